The Morgan fingerprint density at radius 3 is 2.40 bits per heavy atom. The van der Waals surface area contributed by atoms with Crippen molar-refractivity contribution in [2.45, 2.75) is 19.4 Å². The van der Waals surface area contributed by atoms with E-state index in [1.807, 2.05) is 6.92 Å². The molecule has 0 radical (unpaired) electrons. The fourth-order valence-corrected chi connectivity index (χ4v) is 2.67. The highest BCUT2D eigenvalue weighted by Crippen LogP contribution is 2.26. The van der Waals surface area contributed by atoms with Crippen molar-refractivity contribution in [3.63, 3.8) is 0 Å². The topological polar surface area (TPSA) is 38.0 Å². The van der Waals surface area contributed by atoms with E-state index in [1.54, 1.807) is 24.3 Å². The van der Waals surface area contributed by atoms with Gasteiger partial charge in [-0.05, 0) is 60.4 Å². The number of rotatable bonds is 4. The highest BCUT2D eigenvalue weighted by molar-refractivity contribution is 6.34. The molecular weight excluding hydrogens is 298 g/mol. The van der Waals surface area contributed by atoms with Crippen molar-refractivity contribution in [1.29, 1.82) is 0 Å². The van der Waals surface area contributed by atoms with Crippen LogP contribution in [-0.2, 0) is 6.42 Å². The quantitative estimate of drug-likeness (QED) is 0.656. The van der Waals surface area contributed by atoms with Crippen molar-refractivity contribution in [3.8, 4) is 0 Å². The predicted octanol–water partition coefficient (Wildman–Crippen LogP) is 4.19. The van der Waals surface area contributed by atoms with Gasteiger partial charge in [-0.2, -0.15) is 0 Å². The molecule has 0 saturated carbocycles. The summed E-state index contributed by atoms with van der Waals surface area (Å²) in [6.07, 6.45) is 0.552. The minimum atomic E-state index is -0.259. The van der Waals surface area contributed by atoms with Gasteiger partial charge < -0.3 is 0 Å². The summed E-state index contributed by atoms with van der Waals surface area (Å²) in [6.45, 7) is 1.94. The van der Waals surface area contributed by atoms with E-state index < -0.39 is 0 Å². The lowest BCUT2D eigenvalue weighted by atomic mass is 9.96. The van der Waals surface area contributed by atoms with Crippen LogP contribution in [0.25, 0.3) is 0 Å². The molecule has 0 aliphatic heterocycles. The Hall–Kier alpha value is -1.13. The molecule has 106 valence electrons. The zero-order chi connectivity index (χ0) is 14.7. The maximum atomic E-state index is 13.3. The normalized spacial score (nSPS) is 12.4. The smallest absolute Gasteiger partial charge is 0.123 e. The first-order valence-corrected chi connectivity index (χ1v) is 6.92. The molecule has 2 nitrogen and oxygen atoms in total. The fraction of sp³-hybridized carbons (Fsp3) is 0.200. The van der Waals surface area contributed by atoms with Gasteiger partial charge in [-0.25, -0.2) is 4.39 Å². The number of aryl methyl sites for hydroxylation is 1. The standard InChI is InChI=1S/C15H15Cl2FN2/c1-9-2-3-14(18)6-10(9)7-15(20-19)11-4-12(16)8-13(17)5-11/h2-6,8,15,20H,7,19H2,1H3. The van der Waals surface area contributed by atoms with Crippen molar-refractivity contribution >= 4 is 23.2 Å². The van der Waals surface area contributed by atoms with Crippen molar-refractivity contribution in [2.24, 2.45) is 5.84 Å². The first-order chi connectivity index (χ1) is 9.49. The predicted molar refractivity (Wildman–Crippen MR) is 81.4 cm³/mol. The molecule has 2 aromatic carbocycles. The van der Waals surface area contributed by atoms with Crippen LogP contribution in [0.15, 0.2) is 36.4 Å². The zero-order valence-electron chi connectivity index (χ0n) is 11.0. The van der Waals surface area contributed by atoms with Crippen LogP contribution in [-0.4, -0.2) is 0 Å². The number of hydrazine groups is 1. The summed E-state index contributed by atoms with van der Waals surface area (Å²) in [5, 5.41) is 1.09. The van der Waals surface area contributed by atoms with Crippen LogP contribution in [0.3, 0.4) is 0 Å². The summed E-state index contributed by atoms with van der Waals surface area (Å²) in [4.78, 5) is 0. The maximum absolute atomic E-state index is 13.3. The average Bonchev–Trinajstić information content (AvgIpc) is 2.38. The molecule has 0 aromatic heterocycles. The van der Waals surface area contributed by atoms with Crippen LogP contribution in [0, 0.1) is 12.7 Å². The highest BCUT2D eigenvalue weighted by atomic mass is 35.5. The first-order valence-electron chi connectivity index (χ1n) is 6.16. The van der Waals surface area contributed by atoms with Crippen molar-refractivity contribution in [2.75, 3.05) is 0 Å². The van der Waals surface area contributed by atoms with Gasteiger partial charge in [0.1, 0.15) is 5.82 Å². The Morgan fingerprint density at radius 1 is 1.15 bits per heavy atom. The van der Waals surface area contributed by atoms with E-state index >= 15 is 0 Å². The van der Waals surface area contributed by atoms with Gasteiger partial charge in [0.15, 0.2) is 0 Å². The lowest BCUT2D eigenvalue weighted by molar-refractivity contribution is 0.547. The van der Waals surface area contributed by atoms with E-state index in [4.69, 9.17) is 29.0 Å². The summed E-state index contributed by atoms with van der Waals surface area (Å²) < 4.78 is 13.3. The molecule has 0 saturated heterocycles. The second-order valence-corrected chi connectivity index (χ2v) is 5.57. The van der Waals surface area contributed by atoms with Crippen LogP contribution in [0.5, 0.6) is 0 Å². The molecule has 0 aliphatic carbocycles. The SMILES string of the molecule is Cc1ccc(F)cc1CC(NN)c1cc(Cl)cc(Cl)c1. The minimum absolute atomic E-state index is 0.188. The van der Waals surface area contributed by atoms with E-state index in [2.05, 4.69) is 5.43 Å². The molecule has 1 atom stereocenters. The maximum Gasteiger partial charge on any atom is 0.123 e. The number of hydrogen-bond acceptors (Lipinski definition) is 2. The summed E-state index contributed by atoms with van der Waals surface area (Å²) in [5.74, 6) is 5.35. The van der Waals surface area contributed by atoms with Crippen LogP contribution in [0.4, 0.5) is 4.39 Å². The van der Waals surface area contributed by atoms with Gasteiger partial charge in [0.05, 0.1) is 6.04 Å². The van der Waals surface area contributed by atoms with Crippen LogP contribution in [0.2, 0.25) is 10.0 Å². The molecule has 0 amide bonds. The molecule has 2 aromatic rings. The lowest BCUT2D eigenvalue weighted by Gasteiger charge is -2.18. The Labute approximate surface area is 127 Å². The molecule has 0 fully saturated rings. The second kappa shape index (κ2) is 6.55. The average molecular weight is 313 g/mol. The molecule has 0 spiro atoms. The Bertz CT molecular complexity index is 597. The van der Waals surface area contributed by atoms with Gasteiger partial charge in [0.2, 0.25) is 0 Å². The third-order valence-electron chi connectivity index (χ3n) is 3.22. The lowest BCUT2D eigenvalue weighted by Crippen LogP contribution is -2.29. The molecule has 20 heavy (non-hydrogen) atoms. The minimum Gasteiger partial charge on any atom is -0.271 e. The van der Waals surface area contributed by atoms with Gasteiger partial charge in [-0.15, -0.1) is 0 Å². The highest BCUT2D eigenvalue weighted by Gasteiger charge is 2.14. The number of nitrogens with two attached hydrogens (primary N) is 1. The van der Waals surface area contributed by atoms with Crippen LogP contribution >= 0.6 is 23.2 Å². The van der Waals surface area contributed by atoms with Crippen molar-refractivity contribution in [3.05, 3.63) is 69.0 Å². The molecule has 5 heteroatoms. The molecule has 0 heterocycles. The summed E-state index contributed by atoms with van der Waals surface area (Å²) in [5.41, 5.74) is 5.50. The van der Waals surface area contributed by atoms with E-state index in [0.717, 1.165) is 16.7 Å². The van der Waals surface area contributed by atoms with E-state index in [0.29, 0.717) is 16.5 Å². The number of benzene rings is 2. The molecular formula is C15H15Cl2FN2. The van der Waals surface area contributed by atoms with Crippen LogP contribution < -0.4 is 11.3 Å². The number of nitrogens with one attached hydrogen (secondary N) is 1. The molecule has 0 aliphatic rings. The van der Waals surface area contributed by atoms with Gasteiger partial charge in [0.25, 0.3) is 0 Å². The summed E-state index contributed by atoms with van der Waals surface area (Å²) in [6, 6.07) is 9.79. The van der Waals surface area contributed by atoms with Gasteiger partial charge >= 0.3 is 0 Å². The van der Waals surface area contributed by atoms with E-state index in [1.165, 1.54) is 12.1 Å². The Morgan fingerprint density at radius 2 is 1.80 bits per heavy atom. The van der Waals surface area contributed by atoms with Gasteiger partial charge in [-0.1, -0.05) is 29.3 Å². The third-order valence-corrected chi connectivity index (χ3v) is 3.66. The van der Waals surface area contributed by atoms with Crippen molar-refractivity contribution < 1.29 is 4.39 Å². The zero-order valence-corrected chi connectivity index (χ0v) is 12.5. The molecule has 0 bridgehead atoms. The van der Waals surface area contributed by atoms with Gasteiger partial charge in [-0.3, -0.25) is 11.3 Å². The fourth-order valence-electron chi connectivity index (χ4n) is 2.13. The second-order valence-electron chi connectivity index (χ2n) is 4.70. The molecule has 1 unspecified atom stereocenters. The van der Waals surface area contributed by atoms with E-state index in [9.17, 15) is 4.39 Å². The first kappa shape index (κ1) is 15.3. The number of halogens is 3. The largest absolute Gasteiger partial charge is 0.271 e. The van der Waals surface area contributed by atoms with E-state index in [-0.39, 0.29) is 11.9 Å². The van der Waals surface area contributed by atoms with Crippen LogP contribution in [0.1, 0.15) is 22.7 Å². The Kier molecular flexibility index (Phi) is 5.00. The summed E-state index contributed by atoms with van der Waals surface area (Å²) >= 11 is 12.0. The third kappa shape index (κ3) is 3.70. The van der Waals surface area contributed by atoms with Gasteiger partial charge in [0, 0.05) is 10.0 Å². The molecule has 2 rings (SSSR count). The monoisotopic (exact) mass is 312 g/mol. The van der Waals surface area contributed by atoms with Crippen molar-refractivity contribution in [1.82, 2.24) is 5.43 Å². The molecule has 3 N–H and O–H groups in total. The Balaban J connectivity index is 2.30. The number of hydrogen-bond donors (Lipinski definition) is 2. The summed E-state index contributed by atoms with van der Waals surface area (Å²) in [7, 11) is 0.